The molecule has 0 saturated heterocycles. The minimum atomic E-state index is -0.943. The van der Waals surface area contributed by atoms with Crippen molar-refractivity contribution in [2.75, 3.05) is 5.32 Å². The van der Waals surface area contributed by atoms with E-state index in [9.17, 15) is 13.6 Å². The van der Waals surface area contributed by atoms with Gasteiger partial charge in [-0.2, -0.15) is 0 Å². The molecule has 1 aliphatic rings. The lowest BCUT2D eigenvalue weighted by Crippen LogP contribution is -2.22. The van der Waals surface area contributed by atoms with E-state index in [0.717, 1.165) is 25.0 Å². The minimum absolute atomic E-state index is 0.266. The normalized spacial score (nSPS) is 14.9. The first-order chi connectivity index (χ1) is 13.0. The van der Waals surface area contributed by atoms with E-state index in [2.05, 4.69) is 20.5 Å². The second-order valence-electron chi connectivity index (χ2n) is 6.10. The molecule has 1 aromatic carbocycles. The van der Waals surface area contributed by atoms with Crippen molar-refractivity contribution >= 4 is 34.1 Å². The molecule has 1 aliphatic carbocycles. The molecule has 1 atom stereocenters. The van der Waals surface area contributed by atoms with E-state index in [4.69, 9.17) is 4.42 Å². The van der Waals surface area contributed by atoms with Crippen molar-refractivity contribution in [3.05, 3.63) is 41.1 Å². The number of thioether (sulfide) groups is 1. The highest BCUT2D eigenvalue weighted by Crippen LogP contribution is 2.40. The van der Waals surface area contributed by atoms with Crippen molar-refractivity contribution < 1.29 is 18.0 Å². The number of carbonyl (C=O) groups excluding carboxylic acids is 1. The second-order valence-corrected chi connectivity index (χ2v) is 8.25. The molecule has 0 bridgehead atoms. The number of thiazole rings is 1. The molecule has 2 heterocycles. The van der Waals surface area contributed by atoms with E-state index >= 15 is 0 Å². The lowest BCUT2D eigenvalue weighted by Gasteiger charge is -2.07. The van der Waals surface area contributed by atoms with E-state index in [1.165, 1.54) is 29.2 Å². The number of rotatable bonds is 6. The molecular formula is C17H14F2N4O2S2. The van der Waals surface area contributed by atoms with Gasteiger partial charge in [0, 0.05) is 16.9 Å². The molecule has 140 valence electrons. The predicted octanol–water partition coefficient (Wildman–Crippen LogP) is 4.47. The maximum atomic E-state index is 13.4. The highest BCUT2D eigenvalue weighted by Gasteiger charge is 2.30. The third-order valence-corrected chi connectivity index (χ3v) is 5.64. The number of nitrogens with one attached hydrogen (secondary N) is 1. The Balaban J connectivity index is 1.38. The van der Waals surface area contributed by atoms with Crippen LogP contribution in [0, 0.1) is 11.6 Å². The zero-order chi connectivity index (χ0) is 19.0. The van der Waals surface area contributed by atoms with Crippen molar-refractivity contribution in [2.45, 2.75) is 36.2 Å². The SMILES string of the molecule is C[C@H](Sc1nnc(C2CC2)o1)C(=O)Nc1nc(-c2ccc(F)c(F)c2)cs1. The first-order valence-electron chi connectivity index (χ1n) is 8.21. The number of anilines is 1. The molecule has 10 heteroatoms. The van der Waals surface area contributed by atoms with Crippen LogP contribution >= 0.6 is 23.1 Å². The number of nitrogens with zero attached hydrogens (tertiary/aromatic N) is 3. The minimum Gasteiger partial charge on any atom is -0.416 e. The number of hydrogen-bond donors (Lipinski definition) is 1. The number of halogens is 2. The van der Waals surface area contributed by atoms with Gasteiger partial charge in [-0.3, -0.25) is 4.79 Å². The lowest BCUT2D eigenvalue weighted by atomic mass is 10.2. The maximum absolute atomic E-state index is 13.4. The Morgan fingerprint density at radius 1 is 1.33 bits per heavy atom. The van der Waals surface area contributed by atoms with Gasteiger partial charge in [0.05, 0.1) is 10.9 Å². The average molecular weight is 408 g/mol. The Morgan fingerprint density at radius 2 is 2.15 bits per heavy atom. The molecule has 1 N–H and O–H groups in total. The fourth-order valence-electron chi connectivity index (χ4n) is 2.29. The van der Waals surface area contributed by atoms with Crippen LogP contribution in [0.5, 0.6) is 0 Å². The topological polar surface area (TPSA) is 80.9 Å². The van der Waals surface area contributed by atoms with Crippen LogP contribution in [0.1, 0.15) is 31.6 Å². The molecule has 1 amide bonds. The number of hydrogen-bond acceptors (Lipinski definition) is 7. The number of amides is 1. The molecule has 6 nitrogen and oxygen atoms in total. The Morgan fingerprint density at radius 3 is 2.89 bits per heavy atom. The molecule has 1 fully saturated rings. The smallest absolute Gasteiger partial charge is 0.277 e. The van der Waals surface area contributed by atoms with E-state index in [0.29, 0.717) is 33.4 Å². The quantitative estimate of drug-likeness (QED) is 0.606. The summed E-state index contributed by atoms with van der Waals surface area (Å²) in [6.45, 7) is 1.73. The third-order valence-electron chi connectivity index (χ3n) is 3.95. The second kappa shape index (κ2) is 7.35. The summed E-state index contributed by atoms with van der Waals surface area (Å²) in [5, 5.41) is 12.6. The van der Waals surface area contributed by atoms with Crippen LogP contribution in [0.3, 0.4) is 0 Å². The zero-order valence-electron chi connectivity index (χ0n) is 14.1. The van der Waals surface area contributed by atoms with Crippen molar-refractivity contribution in [2.24, 2.45) is 0 Å². The Kier molecular flexibility index (Phi) is 4.92. The van der Waals surface area contributed by atoms with Crippen LogP contribution < -0.4 is 5.32 Å². The van der Waals surface area contributed by atoms with E-state index < -0.39 is 16.9 Å². The molecule has 1 saturated carbocycles. The Hall–Kier alpha value is -2.33. The number of carbonyl (C=O) groups is 1. The molecule has 4 rings (SSSR count). The van der Waals surface area contributed by atoms with Crippen molar-refractivity contribution in [1.82, 2.24) is 15.2 Å². The van der Waals surface area contributed by atoms with Crippen LogP contribution in [0.25, 0.3) is 11.3 Å². The van der Waals surface area contributed by atoms with Crippen LogP contribution in [0.4, 0.5) is 13.9 Å². The average Bonchev–Trinajstić information content (AvgIpc) is 3.21. The highest BCUT2D eigenvalue weighted by molar-refractivity contribution is 8.00. The summed E-state index contributed by atoms with van der Waals surface area (Å²) < 4.78 is 31.9. The van der Waals surface area contributed by atoms with Gasteiger partial charge in [-0.1, -0.05) is 11.8 Å². The largest absolute Gasteiger partial charge is 0.416 e. The first kappa shape index (κ1) is 18.1. The molecule has 0 radical (unpaired) electrons. The van der Waals surface area contributed by atoms with Gasteiger partial charge in [0.15, 0.2) is 16.8 Å². The summed E-state index contributed by atoms with van der Waals surface area (Å²) in [5.74, 6) is -1.14. The molecule has 27 heavy (non-hydrogen) atoms. The zero-order valence-corrected chi connectivity index (χ0v) is 15.7. The third kappa shape index (κ3) is 4.16. The summed E-state index contributed by atoms with van der Waals surface area (Å²) in [5.41, 5.74) is 0.895. The van der Waals surface area contributed by atoms with Crippen molar-refractivity contribution in [3.63, 3.8) is 0 Å². The summed E-state index contributed by atoms with van der Waals surface area (Å²) in [4.78, 5) is 16.6. The van der Waals surface area contributed by atoms with Crippen LogP contribution in [-0.4, -0.2) is 26.3 Å². The molecule has 0 unspecified atom stereocenters. The maximum Gasteiger partial charge on any atom is 0.277 e. The fourth-order valence-corrected chi connectivity index (χ4v) is 3.71. The first-order valence-corrected chi connectivity index (χ1v) is 9.97. The number of benzene rings is 1. The van der Waals surface area contributed by atoms with Gasteiger partial charge in [0.25, 0.3) is 5.22 Å². The summed E-state index contributed by atoms with van der Waals surface area (Å²) in [6.07, 6.45) is 2.12. The molecule has 0 aliphatic heterocycles. The van der Waals surface area contributed by atoms with E-state index in [1.54, 1.807) is 12.3 Å². The molecule has 0 spiro atoms. The van der Waals surface area contributed by atoms with E-state index in [-0.39, 0.29) is 5.91 Å². The van der Waals surface area contributed by atoms with Crippen LogP contribution in [-0.2, 0) is 4.79 Å². The van der Waals surface area contributed by atoms with Crippen LogP contribution in [0.15, 0.2) is 33.2 Å². The van der Waals surface area contributed by atoms with Gasteiger partial charge in [-0.05, 0) is 38.0 Å². The summed E-state index contributed by atoms with van der Waals surface area (Å²) in [6, 6.07) is 3.55. The van der Waals surface area contributed by atoms with Gasteiger partial charge in [0.1, 0.15) is 0 Å². The van der Waals surface area contributed by atoms with Crippen molar-refractivity contribution in [3.8, 4) is 11.3 Å². The summed E-state index contributed by atoms with van der Waals surface area (Å²) in [7, 11) is 0. The van der Waals surface area contributed by atoms with Crippen molar-refractivity contribution in [1.29, 1.82) is 0 Å². The monoisotopic (exact) mass is 408 g/mol. The Labute approximate surface area is 161 Å². The fraction of sp³-hybridized carbons (Fsp3) is 0.294. The lowest BCUT2D eigenvalue weighted by molar-refractivity contribution is -0.115. The molecule has 3 aromatic rings. The van der Waals surface area contributed by atoms with Gasteiger partial charge in [0.2, 0.25) is 11.8 Å². The van der Waals surface area contributed by atoms with Gasteiger partial charge in [-0.25, -0.2) is 13.8 Å². The Bertz CT molecular complexity index is 987. The summed E-state index contributed by atoms with van der Waals surface area (Å²) >= 11 is 2.38. The standard InChI is InChI=1S/C17H14F2N4O2S2/c1-8(27-17-23-22-15(25-17)9-2-3-9)14(24)21-16-20-13(7-26-16)10-4-5-11(18)12(19)6-10/h4-9H,2-3H2,1H3,(H,20,21,24)/t8-/m0/s1. The van der Waals surface area contributed by atoms with Gasteiger partial charge < -0.3 is 9.73 Å². The van der Waals surface area contributed by atoms with Crippen LogP contribution in [0.2, 0.25) is 0 Å². The van der Waals surface area contributed by atoms with E-state index in [1.807, 2.05) is 0 Å². The number of aromatic nitrogens is 3. The predicted molar refractivity (Wildman–Crippen MR) is 97.7 cm³/mol. The molecular weight excluding hydrogens is 394 g/mol. The van der Waals surface area contributed by atoms with Gasteiger partial charge >= 0.3 is 0 Å². The highest BCUT2D eigenvalue weighted by atomic mass is 32.2. The molecule has 2 aromatic heterocycles. The van der Waals surface area contributed by atoms with Gasteiger partial charge in [-0.15, -0.1) is 21.5 Å².